The standard InChI is InChI=1S/C18H28N2O2S.ClH/c1-6-22-15-10-18(19,17(15,3)4)16(21)20-11-13-8-7-12(2)9-14(13)23-5;/h7-9,15H,6,10-11,19H2,1-5H3,(H,20,21);1H. The maximum absolute atomic E-state index is 12.7. The summed E-state index contributed by atoms with van der Waals surface area (Å²) in [5.41, 5.74) is 7.53. The van der Waals surface area contributed by atoms with Gasteiger partial charge in [0.2, 0.25) is 5.91 Å². The molecular formula is C18H29ClN2O2S. The lowest BCUT2D eigenvalue weighted by molar-refractivity contribution is -0.170. The Morgan fingerprint density at radius 1 is 1.46 bits per heavy atom. The molecule has 1 aromatic carbocycles. The van der Waals surface area contributed by atoms with E-state index >= 15 is 0 Å². The van der Waals surface area contributed by atoms with Gasteiger partial charge in [-0.05, 0) is 37.3 Å². The Kier molecular flexibility index (Phi) is 7.17. The Hall–Kier alpha value is -0.750. The van der Waals surface area contributed by atoms with E-state index in [9.17, 15) is 4.79 Å². The Balaban J connectivity index is 0.00000288. The van der Waals surface area contributed by atoms with E-state index in [1.165, 1.54) is 10.5 Å². The topological polar surface area (TPSA) is 64.3 Å². The summed E-state index contributed by atoms with van der Waals surface area (Å²) in [7, 11) is 0. The van der Waals surface area contributed by atoms with Crippen molar-refractivity contribution in [1.29, 1.82) is 0 Å². The number of hydrogen-bond donors (Lipinski definition) is 2. The van der Waals surface area contributed by atoms with Crippen LogP contribution in [0.15, 0.2) is 23.1 Å². The molecule has 2 unspecified atom stereocenters. The highest BCUT2D eigenvalue weighted by Gasteiger charge is 2.62. The van der Waals surface area contributed by atoms with Gasteiger partial charge >= 0.3 is 0 Å². The van der Waals surface area contributed by atoms with Crippen LogP contribution in [0.1, 0.15) is 38.3 Å². The number of carbonyl (C=O) groups excluding carboxylic acids is 1. The lowest BCUT2D eigenvalue weighted by atomic mass is 9.54. The van der Waals surface area contributed by atoms with Crippen molar-refractivity contribution in [3.63, 3.8) is 0 Å². The van der Waals surface area contributed by atoms with Crippen LogP contribution >= 0.6 is 24.2 Å². The lowest BCUT2D eigenvalue weighted by Gasteiger charge is -2.57. The fourth-order valence-electron chi connectivity index (χ4n) is 3.15. The van der Waals surface area contributed by atoms with E-state index in [1.807, 2.05) is 27.0 Å². The van der Waals surface area contributed by atoms with Gasteiger partial charge in [-0.2, -0.15) is 0 Å². The maximum Gasteiger partial charge on any atom is 0.241 e. The number of nitrogens with two attached hydrogens (primary N) is 1. The van der Waals surface area contributed by atoms with Gasteiger partial charge in [0, 0.05) is 29.9 Å². The van der Waals surface area contributed by atoms with Gasteiger partial charge in [0.15, 0.2) is 0 Å². The van der Waals surface area contributed by atoms with E-state index in [1.54, 1.807) is 11.8 Å². The second-order valence-corrected chi connectivity index (χ2v) is 7.69. The largest absolute Gasteiger partial charge is 0.378 e. The van der Waals surface area contributed by atoms with Gasteiger partial charge < -0.3 is 15.8 Å². The van der Waals surface area contributed by atoms with Crippen molar-refractivity contribution < 1.29 is 9.53 Å². The molecule has 6 heteroatoms. The first kappa shape index (κ1) is 21.3. The molecule has 136 valence electrons. The minimum atomic E-state index is -0.864. The van der Waals surface area contributed by atoms with Crippen LogP contribution in [0.25, 0.3) is 0 Å². The average Bonchev–Trinajstić information content (AvgIpc) is 2.52. The Morgan fingerprint density at radius 2 is 2.12 bits per heavy atom. The van der Waals surface area contributed by atoms with Gasteiger partial charge in [-0.3, -0.25) is 4.79 Å². The number of carbonyl (C=O) groups is 1. The second-order valence-electron chi connectivity index (χ2n) is 6.84. The van der Waals surface area contributed by atoms with Gasteiger partial charge in [0.25, 0.3) is 0 Å². The molecule has 0 aromatic heterocycles. The molecule has 0 heterocycles. The molecule has 4 nitrogen and oxygen atoms in total. The van der Waals surface area contributed by atoms with Gasteiger partial charge in [-0.15, -0.1) is 24.2 Å². The molecular weight excluding hydrogens is 344 g/mol. The number of aryl methyl sites for hydroxylation is 1. The molecule has 1 saturated carbocycles. The van der Waals surface area contributed by atoms with Gasteiger partial charge in [0.05, 0.1) is 6.10 Å². The second kappa shape index (κ2) is 8.09. The Labute approximate surface area is 155 Å². The number of hydrogen-bond acceptors (Lipinski definition) is 4. The summed E-state index contributed by atoms with van der Waals surface area (Å²) in [5.74, 6) is -0.0916. The Bertz CT molecular complexity index is 594. The minimum absolute atomic E-state index is 0. The highest BCUT2D eigenvalue weighted by Crippen LogP contribution is 2.49. The first-order chi connectivity index (χ1) is 10.8. The smallest absolute Gasteiger partial charge is 0.241 e. The molecule has 24 heavy (non-hydrogen) atoms. The molecule has 1 amide bonds. The van der Waals surface area contributed by atoms with Crippen molar-refractivity contribution in [3.8, 4) is 0 Å². The quantitative estimate of drug-likeness (QED) is 0.752. The number of nitrogens with one attached hydrogen (secondary N) is 1. The zero-order valence-corrected chi connectivity index (χ0v) is 16.8. The molecule has 1 fully saturated rings. The van der Waals surface area contributed by atoms with Crippen molar-refractivity contribution in [2.75, 3.05) is 12.9 Å². The van der Waals surface area contributed by atoms with Crippen molar-refractivity contribution >= 4 is 30.1 Å². The van der Waals surface area contributed by atoms with Crippen molar-refractivity contribution in [2.45, 2.75) is 57.2 Å². The van der Waals surface area contributed by atoms with E-state index < -0.39 is 5.54 Å². The Morgan fingerprint density at radius 3 is 2.67 bits per heavy atom. The van der Waals surface area contributed by atoms with E-state index in [4.69, 9.17) is 10.5 Å². The molecule has 1 aliphatic carbocycles. The third kappa shape index (κ3) is 3.74. The summed E-state index contributed by atoms with van der Waals surface area (Å²) in [6.07, 6.45) is 2.67. The van der Waals surface area contributed by atoms with Gasteiger partial charge in [-0.1, -0.05) is 26.0 Å². The van der Waals surface area contributed by atoms with Crippen LogP contribution in [-0.2, 0) is 16.1 Å². The number of halogens is 1. The summed E-state index contributed by atoms with van der Waals surface area (Å²) in [5, 5.41) is 3.02. The van der Waals surface area contributed by atoms with Crippen LogP contribution in [0, 0.1) is 12.3 Å². The summed E-state index contributed by atoms with van der Waals surface area (Å²) in [4.78, 5) is 13.8. The van der Waals surface area contributed by atoms with E-state index in [0.717, 1.165) is 5.56 Å². The number of amides is 1. The minimum Gasteiger partial charge on any atom is -0.378 e. The molecule has 1 aliphatic rings. The predicted octanol–water partition coefficient (Wildman–Crippen LogP) is 3.29. The predicted molar refractivity (Wildman–Crippen MR) is 103 cm³/mol. The van der Waals surface area contributed by atoms with Crippen molar-refractivity contribution in [2.24, 2.45) is 11.1 Å². The van der Waals surface area contributed by atoms with Gasteiger partial charge in [0.1, 0.15) is 5.54 Å². The molecule has 0 aliphatic heterocycles. The molecule has 0 radical (unpaired) electrons. The van der Waals surface area contributed by atoms with Crippen LogP contribution < -0.4 is 11.1 Å². The van der Waals surface area contributed by atoms with Crippen LogP contribution in [0.4, 0.5) is 0 Å². The highest BCUT2D eigenvalue weighted by molar-refractivity contribution is 7.98. The normalized spacial score (nSPS) is 24.7. The zero-order chi connectivity index (χ0) is 17.3. The average molecular weight is 373 g/mol. The monoisotopic (exact) mass is 372 g/mol. The van der Waals surface area contributed by atoms with Crippen LogP contribution in [0.5, 0.6) is 0 Å². The van der Waals surface area contributed by atoms with E-state index in [2.05, 4.69) is 30.4 Å². The van der Waals surface area contributed by atoms with Gasteiger partial charge in [-0.25, -0.2) is 0 Å². The third-order valence-electron chi connectivity index (χ3n) is 5.12. The number of thioether (sulfide) groups is 1. The molecule has 2 rings (SSSR count). The van der Waals surface area contributed by atoms with E-state index in [0.29, 0.717) is 19.6 Å². The molecule has 0 spiro atoms. The van der Waals surface area contributed by atoms with E-state index in [-0.39, 0.29) is 29.8 Å². The molecule has 3 N–H and O–H groups in total. The summed E-state index contributed by atoms with van der Waals surface area (Å²) in [6, 6.07) is 6.28. The molecule has 2 atom stereocenters. The van der Waals surface area contributed by atoms with Crippen molar-refractivity contribution in [1.82, 2.24) is 5.32 Å². The highest BCUT2D eigenvalue weighted by atomic mass is 35.5. The fourth-order valence-corrected chi connectivity index (χ4v) is 3.86. The fraction of sp³-hybridized carbons (Fsp3) is 0.611. The third-order valence-corrected chi connectivity index (χ3v) is 5.94. The SMILES string of the molecule is CCOC1CC(N)(C(=O)NCc2ccc(C)cc2SC)C1(C)C.Cl. The van der Waals surface area contributed by atoms with Crippen LogP contribution in [0.2, 0.25) is 0 Å². The number of benzene rings is 1. The molecule has 0 bridgehead atoms. The first-order valence-electron chi connectivity index (χ1n) is 8.08. The summed E-state index contributed by atoms with van der Waals surface area (Å²) < 4.78 is 5.69. The number of ether oxygens (including phenoxy) is 1. The van der Waals surface area contributed by atoms with Crippen LogP contribution in [-0.4, -0.2) is 30.4 Å². The molecule has 0 saturated heterocycles. The lowest BCUT2D eigenvalue weighted by Crippen LogP contribution is -2.75. The molecule has 1 aromatic rings. The summed E-state index contributed by atoms with van der Waals surface area (Å²) in [6.45, 7) is 9.21. The summed E-state index contributed by atoms with van der Waals surface area (Å²) >= 11 is 1.69. The zero-order valence-electron chi connectivity index (χ0n) is 15.1. The maximum atomic E-state index is 12.7. The van der Waals surface area contributed by atoms with Crippen molar-refractivity contribution in [3.05, 3.63) is 29.3 Å². The first-order valence-corrected chi connectivity index (χ1v) is 9.31. The number of rotatable bonds is 6. The van der Waals surface area contributed by atoms with Crippen LogP contribution in [0.3, 0.4) is 0 Å².